The first kappa shape index (κ1) is 19.7. The molecule has 0 atom stereocenters. The number of rotatable bonds is 3. The number of benzene rings is 3. The zero-order valence-electron chi connectivity index (χ0n) is 18.9. The van der Waals surface area contributed by atoms with Crippen LogP contribution in [0.3, 0.4) is 0 Å². The number of ether oxygens (including phenoxy) is 2. The van der Waals surface area contributed by atoms with Crippen LogP contribution >= 0.6 is 0 Å². The van der Waals surface area contributed by atoms with E-state index in [2.05, 4.69) is 55.7 Å². The summed E-state index contributed by atoms with van der Waals surface area (Å²) in [6.07, 6.45) is 0. The van der Waals surface area contributed by atoms with Crippen LogP contribution in [0.25, 0.3) is 33.7 Å². The number of para-hydroxylation sites is 2. The molecule has 6 rings (SSSR count). The van der Waals surface area contributed by atoms with Crippen molar-refractivity contribution in [3.63, 3.8) is 0 Å². The summed E-state index contributed by atoms with van der Waals surface area (Å²) in [5, 5.41) is 0. The minimum absolute atomic E-state index is 0.0893. The summed E-state index contributed by atoms with van der Waals surface area (Å²) < 4.78 is 13.2. The summed E-state index contributed by atoms with van der Waals surface area (Å²) in [5.41, 5.74) is 6.59. The molecule has 0 saturated carbocycles. The quantitative estimate of drug-likeness (QED) is 0.362. The van der Waals surface area contributed by atoms with E-state index in [9.17, 15) is 0 Å². The number of aromatic nitrogens is 4. The summed E-state index contributed by atoms with van der Waals surface area (Å²) in [4.78, 5) is 14.7. The average Bonchev–Trinajstić information content (AvgIpc) is 3.41. The zero-order valence-corrected chi connectivity index (χ0v) is 18.9. The first-order chi connectivity index (χ1) is 16.0. The Labute approximate surface area is 191 Å². The Bertz CT molecular complexity index is 1500. The maximum Gasteiger partial charge on any atom is 0.231 e. The van der Waals surface area contributed by atoms with Crippen molar-refractivity contribution < 1.29 is 9.47 Å². The molecule has 1 aliphatic rings. The Hall–Kier alpha value is -3.93. The monoisotopic (exact) mass is 436 g/mol. The van der Waals surface area contributed by atoms with Crippen molar-refractivity contribution in [3.05, 3.63) is 77.9 Å². The van der Waals surface area contributed by atoms with Gasteiger partial charge in [-0.2, -0.15) is 0 Å². The van der Waals surface area contributed by atoms with Gasteiger partial charge in [0.15, 0.2) is 22.8 Å². The van der Waals surface area contributed by atoms with Crippen molar-refractivity contribution in [2.45, 2.75) is 32.7 Å². The molecule has 0 N–H and O–H groups in total. The highest BCUT2D eigenvalue weighted by Crippen LogP contribution is 2.34. The molecule has 6 heteroatoms. The van der Waals surface area contributed by atoms with Gasteiger partial charge in [-0.1, -0.05) is 63.2 Å². The highest BCUT2D eigenvalue weighted by molar-refractivity contribution is 5.85. The van der Waals surface area contributed by atoms with E-state index >= 15 is 0 Å². The Morgan fingerprint density at radius 3 is 2.30 bits per heavy atom. The lowest BCUT2D eigenvalue weighted by Gasteiger charge is -2.19. The lowest BCUT2D eigenvalue weighted by atomic mass is 9.87. The summed E-state index contributed by atoms with van der Waals surface area (Å²) in [6.45, 7) is 7.51. The van der Waals surface area contributed by atoms with Gasteiger partial charge in [0, 0.05) is 5.56 Å². The molecule has 2 aromatic heterocycles. The summed E-state index contributed by atoms with van der Waals surface area (Å²) in [6, 6.07) is 22.6. The predicted octanol–water partition coefficient (Wildman–Crippen LogP) is 5.72. The molecular formula is C27H24N4O2. The highest BCUT2D eigenvalue weighted by Gasteiger charge is 2.20. The van der Waals surface area contributed by atoms with E-state index < -0.39 is 0 Å². The second-order valence-electron chi connectivity index (χ2n) is 9.40. The van der Waals surface area contributed by atoms with E-state index in [1.807, 2.05) is 36.4 Å². The van der Waals surface area contributed by atoms with Gasteiger partial charge in [-0.3, -0.25) is 0 Å². The number of nitrogens with zero attached hydrogens (tertiary/aromatic N) is 4. The van der Waals surface area contributed by atoms with Gasteiger partial charge in [-0.25, -0.2) is 15.0 Å². The van der Waals surface area contributed by atoms with Crippen LogP contribution in [0.15, 0.2) is 66.7 Å². The first-order valence-electron chi connectivity index (χ1n) is 11.1. The maximum absolute atomic E-state index is 5.59. The van der Waals surface area contributed by atoms with Crippen LogP contribution in [-0.2, 0) is 12.0 Å². The lowest BCUT2D eigenvalue weighted by Crippen LogP contribution is -2.10. The molecule has 0 aliphatic carbocycles. The molecule has 33 heavy (non-hydrogen) atoms. The fraction of sp³-hybridized carbons (Fsp3) is 0.222. The van der Waals surface area contributed by atoms with Gasteiger partial charge in [0.05, 0.1) is 17.6 Å². The fourth-order valence-corrected chi connectivity index (χ4v) is 4.21. The SMILES string of the molecule is CC(C)(C)c1ccc(-c2nc3nc4ccccc4nc3n2Cc2ccc3c(c2)OCO3)cc1. The van der Waals surface area contributed by atoms with Gasteiger partial charge in [-0.05, 0) is 40.8 Å². The Morgan fingerprint density at radius 1 is 0.818 bits per heavy atom. The van der Waals surface area contributed by atoms with Crippen LogP contribution in [0.5, 0.6) is 11.5 Å². The lowest BCUT2D eigenvalue weighted by molar-refractivity contribution is 0.174. The average molecular weight is 437 g/mol. The normalized spacial score (nSPS) is 13.2. The second kappa shape index (κ2) is 7.30. The molecule has 0 fully saturated rings. The molecule has 0 bridgehead atoms. The number of hydrogen-bond donors (Lipinski definition) is 0. The van der Waals surface area contributed by atoms with Crippen molar-refractivity contribution >= 4 is 22.3 Å². The van der Waals surface area contributed by atoms with Crippen molar-refractivity contribution in [2.75, 3.05) is 6.79 Å². The van der Waals surface area contributed by atoms with Gasteiger partial charge in [0.1, 0.15) is 5.82 Å². The molecule has 3 heterocycles. The fourth-order valence-electron chi connectivity index (χ4n) is 4.21. The predicted molar refractivity (Wildman–Crippen MR) is 129 cm³/mol. The molecule has 164 valence electrons. The van der Waals surface area contributed by atoms with E-state index in [4.69, 9.17) is 24.4 Å². The minimum Gasteiger partial charge on any atom is -0.454 e. The van der Waals surface area contributed by atoms with Crippen LogP contribution in [0, 0.1) is 0 Å². The molecule has 0 unspecified atom stereocenters. The largest absolute Gasteiger partial charge is 0.454 e. The zero-order chi connectivity index (χ0) is 22.6. The Kier molecular flexibility index (Phi) is 4.37. The molecule has 0 saturated heterocycles. The maximum atomic E-state index is 5.59. The van der Waals surface area contributed by atoms with Gasteiger partial charge < -0.3 is 14.0 Å². The summed E-state index contributed by atoms with van der Waals surface area (Å²) >= 11 is 0. The smallest absolute Gasteiger partial charge is 0.231 e. The number of hydrogen-bond acceptors (Lipinski definition) is 5. The van der Waals surface area contributed by atoms with Crippen LogP contribution in [0.4, 0.5) is 0 Å². The third kappa shape index (κ3) is 3.48. The summed E-state index contributed by atoms with van der Waals surface area (Å²) in [5.74, 6) is 2.39. The summed E-state index contributed by atoms with van der Waals surface area (Å²) in [7, 11) is 0. The Morgan fingerprint density at radius 2 is 1.55 bits per heavy atom. The highest BCUT2D eigenvalue weighted by atomic mass is 16.7. The molecule has 0 spiro atoms. The van der Waals surface area contributed by atoms with Crippen LogP contribution in [0.1, 0.15) is 31.9 Å². The van der Waals surface area contributed by atoms with Gasteiger partial charge in [0.25, 0.3) is 0 Å². The van der Waals surface area contributed by atoms with E-state index in [1.54, 1.807) is 0 Å². The number of imidazole rings is 1. The standard InChI is InChI=1S/C27H24N4O2/c1-27(2,3)19-11-9-18(10-12-19)25-30-24-26(29-21-7-5-4-6-20(21)28-24)31(25)15-17-8-13-22-23(14-17)33-16-32-22/h4-14H,15-16H2,1-3H3. The topological polar surface area (TPSA) is 62.1 Å². The molecule has 0 radical (unpaired) electrons. The number of fused-ring (bicyclic) bond motifs is 3. The van der Waals surface area contributed by atoms with E-state index in [0.29, 0.717) is 12.2 Å². The van der Waals surface area contributed by atoms with Gasteiger partial charge in [-0.15, -0.1) is 0 Å². The van der Waals surface area contributed by atoms with Crippen LogP contribution < -0.4 is 9.47 Å². The van der Waals surface area contributed by atoms with Gasteiger partial charge >= 0.3 is 0 Å². The molecule has 0 amide bonds. The van der Waals surface area contributed by atoms with Crippen LogP contribution in [0.2, 0.25) is 0 Å². The van der Waals surface area contributed by atoms with Crippen molar-refractivity contribution in [1.29, 1.82) is 0 Å². The van der Waals surface area contributed by atoms with E-state index in [0.717, 1.165) is 45.1 Å². The van der Waals surface area contributed by atoms with Crippen molar-refractivity contribution in [2.24, 2.45) is 0 Å². The molecule has 5 aromatic rings. The Balaban J connectivity index is 1.52. The van der Waals surface area contributed by atoms with E-state index in [-0.39, 0.29) is 12.2 Å². The van der Waals surface area contributed by atoms with Gasteiger partial charge in [0.2, 0.25) is 6.79 Å². The molecule has 6 nitrogen and oxygen atoms in total. The third-order valence-electron chi connectivity index (χ3n) is 6.04. The second-order valence-corrected chi connectivity index (χ2v) is 9.40. The third-order valence-corrected chi connectivity index (χ3v) is 6.04. The van der Waals surface area contributed by atoms with Crippen molar-refractivity contribution in [3.8, 4) is 22.9 Å². The molecular weight excluding hydrogens is 412 g/mol. The molecule has 3 aromatic carbocycles. The van der Waals surface area contributed by atoms with Crippen molar-refractivity contribution in [1.82, 2.24) is 19.5 Å². The first-order valence-corrected chi connectivity index (χ1v) is 11.1. The minimum atomic E-state index is 0.0893. The molecule has 1 aliphatic heterocycles. The van der Waals surface area contributed by atoms with Crippen LogP contribution in [-0.4, -0.2) is 26.3 Å². The van der Waals surface area contributed by atoms with E-state index in [1.165, 1.54) is 5.56 Å².